The molecule has 4 amide bonds. The summed E-state index contributed by atoms with van der Waals surface area (Å²) < 4.78 is 0. The van der Waals surface area contributed by atoms with Crippen LogP contribution in [0.15, 0.2) is 36.5 Å². The lowest BCUT2D eigenvalue weighted by molar-refractivity contribution is -0.129. The minimum atomic E-state index is -0.345. The van der Waals surface area contributed by atoms with Crippen LogP contribution in [-0.4, -0.2) is 63.8 Å². The molecule has 0 aliphatic carbocycles. The van der Waals surface area contributed by atoms with Crippen molar-refractivity contribution in [2.75, 3.05) is 26.2 Å². The first-order valence-corrected chi connectivity index (χ1v) is 11.0. The molecule has 2 saturated heterocycles. The van der Waals surface area contributed by atoms with Crippen molar-refractivity contribution in [3.05, 3.63) is 59.2 Å². The molecule has 1 aromatic carbocycles. The van der Waals surface area contributed by atoms with Crippen LogP contribution in [0.1, 0.15) is 52.7 Å². The topological polar surface area (TPSA) is 108 Å². The van der Waals surface area contributed by atoms with Crippen molar-refractivity contribution in [1.29, 1.82) is 0 Å². The zero-order chi connectivity index (χ0) is 22.5. The number of hydrogen-bond acceptors (Lipinski definition) is 6. The molecule has 2 aliphatic rings. The number of carbonyl (C=O) groups excluding carboxylic acids is 3. The molecule has 3 heterocycles. The minimum Gasteiger partial charge on any atom is -0.348 e. The number of aryl methyl sites for hydroxylation is 1. The van der Waals surface area contributed by atoms with E-state index >= 15 is 0 Å². The number of nitrogens with zero attached hydrogens (tertiary/aromatic N) is 4. The summed E-state index contributed by atoms with van der Waals surface area (Å²) in [6.07, 6.45) is 4.29. The van der Waals surface area contributed by atoms with Gasteiger partial charge in [-0.25, -0.2) is 14.8 Å². The minimum absolute atomic E-state index is 0.117. The Hall–Kier alpha value is -3.33. The Morgan fingerprint density at radius 2 is 2.00 bits per heavy atom. The van der Waals surface area contributed by atoms with E-state index in [0.29, 0.717) is 43.3 Å². The number of urea groups is 1. The van der Waals surface area contributed by atoms with Gasteiger partial charge in [-0.15, -0.1) is 0 Å². The molecule has 9 heteroatoms. The van der Waals surface area contributed by atoms with E-state index in [9.17, 15) is 14.4 Å². The fraction of sp³-hybridized carbons (Fsp3) is 0.435. The molecule has 9 nitrogen and oxygen atoms in total. The van der Waals surface area contributed by atoms with Crippen molar-refractivity contribution in [2.24, 2.45) is 0 Å². The summed E-state index contributed by atoms with van der Waals surface area (Å²) in [5.41, 5.74) is 2.07. The molecule has 1 aromatic heterocycles. The van der Waals surface area contributed by atoms with Gasteiger partial charge >= 0.3 is 6.03 Å². The molecule has 1 atom stereocenters. The Bertz CT molecular complexity index is 996. The molecule has 4 rings (SSSR count). The summed E-state index contributed by atoms with van der Waals surface area (Å²) in [6.45, 7) is 3.89. The third kappa shape index (κ3) is 4.94. The first-order chi connectivity index (χ1) is 15.5. The van der Waals surface area contributed by atoms with Gasteiger partial charge in [0, 0.05) is 25.8 Å². The van der Waals surface area contributed by atoms with Crippen molar-refractivity contribution >= 4 is 17.8 Å². The van der Waals surface area contributed by atoms with E-state index in [1.807, 2.05) is 35.2 Å². The van der Waals surface area contributed by atoms with Gasteiger partial charge in [-0.05, 0) is 31.9 Å². The summed E-state index contributed by atoms with van der Waals surface area (Å²) >= 11 is 0. The quantitative estimate of drug-likeness (QED) is 0.715. The molecule has 168 valence electrons. The predicted octanol–water partition coefficient (Wildman–Crippen LogP) is 1.79. The zero-order valence-corrected chi connectivity index (χ0v) is 18.2. The number of benzene rings is 1. The first kappa shape index (κ1) is 21.9. The van der Waals surface area contributed by atoms with Crippen LogP contribution >= 0.6 is 0 Å². The molecule has 0 bridgehead atoms. The number of nitrogens with one attached hydrogen (secondary N) is 2. The highest BCUT2D eigenvalue weighted by atomic mass is 16.2. The lowest BCUT2D eigenvalue weighted by atomic mass is 9.96. The number of likely N-dealkylation sites (tertiary alicyclic amines) is 1. The van der Waals surface area contributed by atoms with Crippen molar-refractivity contribution in [2.45, 2.75) is 38.8 Å². The average Bonchev–Trinajstić information content (AvgIpc) is 3.24. The number of amides is 4. The fourth-order valence-corrected chi connectivity index (χ4v) is 4.25. The number of imide groups is 1. The molecule has 0 unspecified atom stereocenters. The van der Waals surface area contributed by atoms with Crippen molar-refractivity contribution < 1.29 is 14.4 Å². The number of carbonyl (C=O) groups is 3. The van der Waals surface area contributed by atoms with Crippen LogP contribution in [0.2, 0.25) is 0 Å². The second-order valence-electron chi connectivity index (χ2n) is 8.14. The van der Waals surface area contributed by atoms with Gasteiger partial charge in [0.15, 0.2) is 0 Å². The predicted molar refractivity (Wildman–Crippen MR) is 118 cm³/mol. The molecule has 2 aromatic rings. The molecule has 32 heavy (non-hydrogen) atoms. The Morgan fingerprint density at radius 3 is 2.75 bits per heavy atom. The molecular formula is C23H28N6O3. The summed E-state index contributed by atoms with van der Waals surface area (Å²) in [6, 6.07) is 9.17. The second kappa shape index (κ2) is 9.86. The number of hydrogen-bond donors (Lipinski definition) is 2. The van der Waals surface area contributed by atoms with Gasteiger partial charge in [0.25, 0.3) is 5.91 Å². The molecule has 2 fully saturated rings. The normalized spacial score (nSPS) is 19.0. The van der Waals surface area contributed by atoms with E-state index < -0.39 is 0 Å². The Kier molecular flexibility index (Phi) is 6.75. The average molecular weight is 437 g/mol. The van der Waals surface area contributed by atoms with Crippen molar-refractivity contribution in [3.8, 4) is 0 Å². The SMILES string of the molecule is Cc1ncc(C(=O)NCc2ccccc2)c([C@@H]2CCCCN2CC(=O)N2CCNC2=O)n1. The summed E-state index contributed by atoms with van der Waals surface area (Å²) in [5.74, 6) is 0.114. The van der Waals surface area contributed by atoms with Gasteiger partial charge in [0.05, 0.1) is 23.8 Å². The van der Waals surface area contributed by atoms with E-state index in [1.165, 1.54) is 4.90 Å². The van der Waals surface area contributed by atoms with E-state index in [4.69, 9.17) is 0 Å². The van der Waals surface area contributed by atoms with Crippen LogP contribution in [0.5, 0.6) is 0 Å². The van der Waals surface area contributed by atoms with E-state index in [0.717, 1.165) is 24.8 Å². The number of rotatable bonds is 6. The van der Waals surface area contributed by atoms with Crippen LogP contribution in [0.3, 0.4) is 0 Å². The van der Waals surface area contributed by atoms with Gasteiger partial charge in [0.1, 0.15) is 5.82 Å². The van der Waals surface area contributed by atoms with Crippen LogP contribution in [0, 0.1) is 6.92 Å². The lowest BCUT2D eigenvalue weighted by Gasteiger charge is -2.36. The summed E-state index contributed by atoms with van der Waals surface area (Å²) in [5, 5.41) is 5.62. The first-order valence-electron chi connectivity index (χ1n) is 11.0. The third-order valence-electron chi connectivity index (χ3n) is 5.90. The highest BCUT2D eigenvalue weighted by molar-refractivity contribution is 5.97. The maximum absolute atomic E-state index is 13.0. The Labute approximate surface area is 187 Å². The van der Waals surface area contributed by atoms with E-state index in [2.05, 4.69) is 20.6 Å². The van der Waals surface area contributed by atoms with E-state index in [-0.39, 0.29) is 30.4 Å². The number of piperidine rings is 1. The van der Waals surface area contributed by atoms with Crippen LogP contribution in [0.25, 0.3) is 0 Å². The van der Waals surface area contributed by atoms with Crippen LogP contribution < -0.4 is 10.6 Å². The maximum Gasteiger partial charge on any atom is 0.324 e. The Morgan fingerprint density at radius 1 is 1.19 bits per heavy atom. The van der Waals surface area contributed by atoms with Crippen molar-refractivity contribution in [1.82, 2.24) is 30.4 Å². The summed E-state index contributed by atoms with van der Waals surface area (Å²) in [7, 11) is 0. The molecule has 0 spiro atoms. The van der Waals surface area contributed by atoms with Gasteiger partial charge in [-0.1, -0.05) is 36.8 Å². The standard InChI is InChI=1S/C23H28N6O3/c1-16-25-14-18(22(31)26-13-17-7-3-2-4-8-17)21(27-16)19-9-5-6-11-28(19)15-20(30)29-12-10-24-23(29)32/h2-4,7-8,14,19H,5-6,9-13,15H2,1H3,(H,24,32)(H,26,31)/t19-/m0/s1. The van der Waals surface area contributed by atoms with Crippen LogP contribution in [-0.2, 0) is 11.3 Å². The largest absolute Gasteiger partial charge is 0.348 e. The van der Waals surface area contributed by atoms with Gasteiger partial charge in [-0.3, -0.25) is 19.4 Å². The molecule has 0 radical (unpaired) electrons. The molecule has 2 N–H and O–H groups in total. The smallest absolute Gasteiger partial charge is 0.324 e. The van der Waals surface area contributed by atoms with Crippen LogP contribution in [0.4, 0.5) is 4.79 Å². The molecule has 2 aliphatic heterocycles. The van der Waals surface area contributed by atoms with Crippen molar-refractivity contribution in [3.63, 3.8) is 0 Å². The van der Waals surface area contributed by atoms with Gasteiger partial charge < -0.3 is 10.6 Å². The maximum atomic E-state index is 13.0. The van der Waals surface area contributed by atoms with E-state index in [1.54, 1.807) is 13.1 Å². The monoisotopic (exact) mass is 436 g/mol. The molecular weight excluding hydrogens is 408 g/mol. The highest BCUT2D eigenvalue weighted by Crippen LogP contribution is 2.31. The van der Waals surface area contributed by atoms with Gasteiger partial charge in [0.2, 0.25) is 5.91 Å². The molecule has 0 saturated carbocycles. The number of aromatic nitrogens is 2. The fourth-order valence-electron chi connectivity index (χ4n) is 4.25. The lowest BCUT2D eigenvalue weighted by Crippen LogP contribution is -2.45. The third-order valence-corrected chi connectivity index (χ3v) is 5.90. The highest BCUT2D eigenvalue weighted by Gasteiger charge is 2.33. The summed E-state index contributed by atoms with van der Waals surface area (Å²) in [4.78, 5) is 49.8. The zero-order valence-electron chi connectivity index (χ0n) is 18.2. The van der Waals surface area contributed by atoms with Gasteiger partial charge in [-0.2, -0.15) is 0 Å². The Balaban J connectivity index is 1.53. The second-order valence-corrected chi connectivity index (χ2v) is 8.14.